The monoisotopic (exact) mass is 258 g/mol. The van der Waals surface area contributed by atoms with Crippen molar-refractivity contribution in [2.45, 2.75) is 0 Å². The molecule has 0 radical (unpaired) electrons. The van der Waals surface area contributed by atoms with Gasteiger partial charge in [0.2, 0.25) is 0 Å². The first-order chi connectivity index (χ1) is 9.15. The highest BCUT2D eigenvalue weighted by Gasteiger charge is 2.06. The molecule has 7 nitrogen and oxygen atoms in total. The average molecular weight is 258 g/mol. The van der Waals surface area contributed by atoms with Crippen LogP contribution in [0.1, 0.15) is 16.1 Å². The third-order valence-electron chi connectivity index (χ3n) is 2.18. The smallest absolute Gasteiger partial charge is 0.303 e. The lowest BCUT2D eigenvalue weighted by atomic mass is 10.2. The fraction of sp³-hybridized carbons (Fsp3) is 0. The van der Waals surface area contributed by atoms with Gasteiger partial charge in [0.1, 0.15) is 5.69 Å². The standard InChI is InChI=1S/C12H10N4O3/c17-10-6-9(14-12(19)15-10)11(18)16-13-7-8-4-2-1-3-5-8/h1-7H,(H,16,18)(H2,14,15,17,19)/b13-7-. The summed E-state index contributed by atoms with van der Waals surface area (Å²) < 4.78 is 0. The third kappa shape index (κ3) is 3.50. The zero-order chi connectivity index (χ0) is 13.7. The maximum atomic E-state index is 11.6. The zero-order valence-electron chi connectivity index (χ0n) is 9.71. The van der Waals surface area contributed by atoms with Crippen LogP contribution < -0.4 is 16.7 Å². The second-order valence-corrected chi connectivity index (χ2v) is 3.61. The Hall–Kier alpha value is -2.96. The van der Waals surface area contributed by atoms with Gasteiger partial charge in [-0.15, -0.1) is 0 Å². The lowest BCUT2D eigenvalue weighted by molar-refractivity contribution is 0.0949. The number of aromatic nitrogens is 2. The maximum Gasteiger partial charge on any atom is 0.326 e. The highest BCUT2D eigenvalue weighted by Crippen LogP contribution is 1.93. The van der Waals surface area contributed by atoms with Crippen molar-refractivity contribution in [3.8, 4) is 0 Å². The number of nitrogens with one attached hydrogen (secondary N) is 3. The Morgan fingerprint density at radius 1 is 1.16 bits per heavy atom. The van der Waals surface area contributed by atoms with Crippen molar-refractivity contribution < 1.29 is 4.79 Å². The van der Waals surface area contributed by atoms with Gasteiger partial charge >= 0.3 is 5.69 Å². The molecule has 2 aromatic rings. The molecule has 0 bridgehead atoms. The number of rotatable bonds is 3. The van der Waals surface area contributed by atoms with Crippen molar-refractivity contribution in [1.29, 1.82) is 0 Å². The number of H-pyrrole nitrogens is 2. The van der Waals surface area contributed by atoms with Crippen molar-refractivity contribution in [1.82, 2.24) is 15.4 Å². The van der Waals surface area contributed by atoms with Gasteiger partial charge in [-0.3, -0.25) is 14.6 Å². The van der Waals surface area contributed by atoms with Crippen LogP contribution in [0.15, 0.2) is 51.1 Å². The predicted molar refractivity (Wildman–Crippen MR) is 69.2 cm³/mol. The molecule has 0 unspecified atom stereocenters. The number of carbonyl (C=O) groups is 1. The van der Waals surface area contributed by atoms with Crippen LogP contribution in [-0.2, 0) is 0 Å². The summed E-state index contributed by atoms with van der Waals surface area (Å²) in [4.78, 5) is 37.8. The molecule has 0 saturated carbocycles. The van der Waals surface area contributed by atoms with Crippen LogP contribution in [-0.4, -0.2) is 22.1 Å². The van der Waals surface area contributed by atoms with Crippen LogP contribution in [0.25, 0.3) is 0 Å². The summed E-state index contributed by atoms with van der Waals surface area (Å²) in [5.41, 5.74) is 1.47. The molecule has 0 spiro atoms. The molecule has 0 aliphatic heterocycles. The number of benzene rings is 1. The Kier molecular flexibility index (Phi) is 3.67. The minimum absolute atomic E-state index is 0.154. The van der Waals surface area contributed by atoms with Crippen LogP contribution in [0, 0.1) is 0 Å². The fourth-order valence-electron chi connectivity index (χ4n) is 1.36. The Morgan fingerprint density at radius 2 is 1.89 bits per heavy atom. The molecule has 1 heterocycles. The van der Waals surface area contributed by atoms with Gasteiger partial charge in [0.25, 0.3) is 11.5 Å². The third-order valence-corrected chi connectivity index (χ3v) is 2.18. The number of carbonyl (C=O) groups excluding carboxylic acids is 1. The van der Waals surface area contributed by atoms with Gasteiger partial charge in [-0.2, -0.15) is 5.10 Å². The van der Waals surface area contributed by atoms with Gasteiger partial charge in [-0.05, 0) is 5.56 Å². The van der Waals surface area contributed by atoms with E-state index in [1.54, 1.807) is 0 Å². The fourth-order valence-corrected chi connectivity index (χ4v) is 1.36. The highest BCUT2D eigenvalue weighted by atomic mass is 16.2. The Labute approximate surface area is 107 Å². The van der Waals surface area contributed by atoms with Crippen molar-refractivity contribution in [2.24, 2.45) is 5.10 Å². The Morgan fingerprint density at radius 3 is 2.58 bits per heavy atom. The summed E-state index contributed by atoms with van der Waals surface area (Å²) in [5, 5.41) is 3.72. The molecule has 3 N–H and O–H groups in total. The maximum absolute atomic E-state index is 11.6. The van der Waals surface area contributed by atoms with E-state index in [9.17, 15) is 14.4 Å². The van der Waals surface area contributed by atoms with Crippen molar-refractivity contribution in [2.75, 3.05) is 0 Å². The molecule has 7 heteroatoms. The van der Waals surface area contributed by atoms with Gasteiger partial charge < -0.3 is 4.98 Å². The molecule has 0 fully saturated rings. The van der Waals surface area contributed by atoms with E-state index in [1.807, 2.05) is 35.3 Å². The van der Waals surface area contributed by atoms with E-state index in [2.05, 4.69) is 15.5 Å². The molecule has 1 amide bonds. The highest BCUT2D eigenvalue weighted by molar-refractivity contribution is 5.92. The van der Waals surface area contributed by atoms with E-state index in [-0.39, 0.29) is 5.69 Å². The molecule has 96 valence electrons. The summed E-state index contributed by atoms with van der Waals surface area (Å²) >= 11 is 0. The molecular formula is C12H10N4O3. The Bertz CT molecular complexity index is 687. The zero-order valence-corrected chi connectivity index (χ0v) is 9.71. The number of hydrazone groups is 1. The van der Waals surface area contributed by atoms with Crippen molar-refractivity contribution in [3.63, 3.8) is 0 Å². The van der Waals surface area contributed by atoms with E-state index >= 15 is 0 Å². The number of aromatic amines is 2. The number of nitrogens with zero attached hydrogens (tertiary/aromatic N) is 1. The average Bonchev–Trinajstić information content (AvgIpc) is 2.38. The first kappa shape index (κ1) is 12.5. The molecule has 1 aromatic heterocycles. The summed E-state index contributed by atoms with van der Waals surface area (Å²) in [6, 6.07) is 10.1. The van der Waals surface area contributed by atoms with Gasteiger partial charge in [-0.25, -0.2) is 10.2 Å². The second kappa shape index (κ2) is 5.58. The molecule has 0 atom stereocenters. The molecular weight excluding hydrogens is 248 g/mol. The van der Waals surface area contributed by atoms with E-state index in [4.69, 9.17) is 0 Å². The first-order valence-corrected chi connectivity index (χ1v) is 5.37. The van der Waals surface area contributed by atoms with E-state index in [1.165, 1.54) is 6.21 Å². The van der Waals surface area contributed by atoms with Gasteiger partial charge in [0.15, 0.2) is 0 Å². The van der Waals surface area contributed by atoms with Gasteiger partial charge in [-0.1, -0.05) is 30.3 Å². The quantitative estimate of drug-likeness (QED) is 0.525. The van der Waals surface area contributed by atoms with Crippen LogP contribution in [0.4, 0.5) is 0 Å². The Balaban J connectivity index is 2.08. The van der Waals surface area contributed by atoms with Crippen LogP contribution in [0.5, 0.6) is 0 Å². The van der Waals surface area contributed by atoms with Crippen molar-refractivity contribution in [3.05, 3.63) is 68.5 Å². The lowest BCUT2D eigenvalue weighted by Crippen LogP contribution is -2.28. The number of hydrogen-bond acceptors (Lipinski definition) is 4. The summed E-state index contributed by atoms with van der Waals surface area (Å²) in [5.74, 6) is -0.671. The number of amides is 1. The molecule has 0 aliphatic carbocycles. The van der Waals surface area contributed by atoms with E-state index in [0.717, 1.165) is 11.6 Å². The molecule has 19 heavy (non-hydrogen) atoms. The summed E-state index contributed by atoms with van der Waals surface area (Å²) in [6.07, 6.45) is 1.45. The number of hydrogen-bond donors (Lipinski definition) is 3. The van der Waals surface area contributed by atoms with Crippen molar-refractivity contribution >= 4 is 12.1 Å². The molecule has 0 aliphatic rings. The predicted octanol–water partition coefficient (Wildman–Crippen LogP) is -0.173. The van der Waals surface area contributed by atoms with Crippen LogP contribution in [0.2, 0.25) is 0 Å². The van der Waals surface area contributed by atoms with Crippen LogP contribution >= 0.6 is 0 Å². The van der Waals surface area contributed by atoms with Gasteiger partial charge in [0, 0.05) is 6.07 Å². The molecule has 2 rings (SSSR count). The van der Waals surface area contributed by atoms with E-state index in [0.29, 0.717) is 0 Å². The second-order valence-electron chi connectivity index (χ2n) is 3.61. The first-order valence-electron chi connectivity index (χ1n) is 5.37. The summed E-state index contributed by atoms with van der Waals surface area (Å²) in [6.45, 7) is 0. The van der Waals surface area contributed by atoms with E-state index < -0.39 is 17.2 Å². The minimum atomic E-state index is -0.746. The lowest BCUT2D eigenvalue weighted by Gasteiger charge is -1.98. The summed E-state index contributed by atoms with van der Waals surface area (Å²) in [7, 11) is 0. The van der Waals surface area contributed by atoms with Gasteiger partial charge in [0.05, 0.1) is 6.21 Å². The minimum Gasteiger partial charge on any atom is -0.303 e. The topological polar surface area (TPSA) is 107 Å². The molecule has 1 aromatic carbocycles. The largest absolute Gasteiger partial charge is 0.326 e. The molecule has 0 saturated heterocycles. The normalized spacial score (nSPS) is 10.5. The van der Waals surface area contributed by atoms with Crippen LogP contribution in [0.3, 0.4) is 0 Å². The SMILES string of the molecule is O=C(N/N=C\c1ccccc1)c1cc(=O)[nH]c(=O)[nH]1.